The number of carbonyl (C=O) groups excluding carboxylic acids is 3. The van der Waals surface area contributed by atoms with Crippen molar-refractivity contribution in [2.45, 2.75) is 62.9 Å². The van der Waals surface area contributed by atoms with Crippen molar-refractivity contribution in [2.24, 2.45) is 0 Å². The number of nitrogens with zero attached hydrogens (tertiary/aromatic N) is 3. The van der Waals surface area contributed by atoms with Crippen LogP contribution in [0.4, 0.5) is 5.00 Å². The number of aryl methyl sites for hydroxylation is 1. The van der Waals surface area contributed by atoms with Crippen LogP contribution >= 0.6 is 34.7 Å². The zero-order valence-electron chi connectivity index (χ0n) is 23.1. The van der Waals surface area contributed by atoms with E-state index in [0.29, 0.717) is 32.3 Å². The average Bonchev–Trinajstić information content (AvgIpc) is 3.68. The molecule has 2 N–H and O–H groups in total. The van der Waals surface area contributed by atoms with E-state index in [9.17, 15) is 14.4 Å². The second-order valence-electron chi connectivity index (χ2n) is 9.61. The molecule has 1 aliphatic carbocycles. The van der Waals surface area contributed by atoms with Crippen molar-refractivity contribution in [3.05, 3.63) is 75.3 Å². The van der Waals surface area contributed by atoms with E-state index < -0.39 is 17.1 Å². The van der Waals surface area contributed by atoms with E-state index in [1.807, 2.05) is 6.07 Å². The Hall–Kier alpha value is -3.61. The summed E-state index contributed by atoms with van der Waals surface area (Å²) in [5, 5.41) is 15.3. The lowest BCUT2D eigenvalue weighted by Gasteiger charge is -2.14. The number of esters is 1. The molecule has 3 aromatic heterocycles. The summed E-state index contributed by atoms with van der Waals surface area (Å²) in [6.45, 7) is 3.85. The molecule has 1 atom stereocenters. The molecule has 0 fully saturated rings. The molecule has 2 amide bonds. The summed E-state index contributed by atoms with van der Waals surface area (Å²) in [5.41, 5.74) is 2.14. The molecule has 13 heteroatoms. The quantitative estimate of drug-likeness (QED) is 0.123. The van der Waals surface area contributed by atoms with E-state index >= 15 is 0 Å². The molecule has 0 spiro atoms. The van der Waals surface area contributed by atoms with Crippen molar-refractivity contribution in [1.29, 1.82) is 0 Å². The number of hydrogen-bond donors (Lipinski definition) is 2. The van der Waals surface area contributed by atoms with Crippen molar-refractivity contribution in [2.75, 3.05) is 11.9 Å². The maximum absolute atomic E-state index is 13.5. The number of nitrogens with one attached hydrogen (secondary N) is 2. The van der Waals surface area contributed by atoms with E-state index in [-0.39, 0.29) is 24.8 Å². The van der Waals surface area contributed by atoms with Gasteiger partial charge in [0, 0.05) is 9.90 Å². The highest BCUT2D eigenvalue weighted by molar-refractivity contribution is 8.00. The summed E-state index contributed by atoms with van der Waals surface area (Å²) in [5.74, 6) is -0.463. The molecule has 1 aliphatic rings. The minimum atomic E-state index is -0.602. The van der Waals surface area contributed by atoms with E-state index in [1.54, 1.807) is 48.7 Å². The van der Waals surface area contributed by atoms with Gasteiger partial charge in [-0.15, -0.1) is 21.5 Å². The van der Waals surface area contributed by atoms with E-state index in [0.717, 1.165) is 42.5 Å². The molecule has 220 valence electrons. The van der Waals surface area contributed by atoms with Gasteiger partial charge in [-0.1, -0.05) is 35.9 Å². The monoisotopic (exact) mass is 627 g/mol. The first kappa shape index (κ1) is 29.9. The number of hydrogen-bond acceptors (Lipinski definition) is 9. The number of halogens is 1. The van der Waals surface area contributed by atoms with Crippen LogP contribution in [0.1, 0.15) is 70.3 Å². The Labute approximate surface area is 256 Å². The Morgan fingerprint density at radius 1 is 1.17 bits per heavy atom. The van der Waals surface area contributed by atoms with Crippen molar-refractivity contribution < 1.29 is 23.5 Å². The number of aromatic nitrogens is 3. The maximum atomic E-state index is 13.5. The third-order valence-corrected chi connectivity index (χ3v) is 9.19. The fourth-order valence-electron chi connectivity index (χ4n) is 4.69. The lowest BCUT2D eigenvalue weighted by atomic mass is 10.1. The number of thiophene rings is 1. The first-order valence-corrected chi connectivity index (χ1v) is 15.7. The molecule has 4 aromatic rings. The van der Waals surface area contributed by atoms with Crippen LogP contribution in [0.2, 0.25) is 5.02 Å². The Balaban J connectivity index is 1.37. The molecule has 0 unspecified atom stereocenters. The topological polar surface area (TPSA) is 128 Å². The minimum Gasteiger partial charge on any atom is -0.462 e. The Morgan fingerprint density at radius 2 is 2.00 bits per heavy atom. The standard InChI is InChI=1S/C29H30ClN5O5S2/c1-3-39-28(38)24-20-11-5-4-6-13-22(20)42-27(24)32-25(36)17(2)41-29-34-33-23(16-31-26(37)21-12-8-14-40-21)35(29)19-10-7-9-18(30)15-19/h7-10,12,14-15,17H,3-6,11,13,16H2,1-2H3,(H,31,37)(H,32,36)/t17-/m0/s1. The Kier molecular flexibility index (Phi) is 9.65. The van der Waals surface area contributed by atoms with Crippen molar-refractivity contribution >= 4 is 57.5 Å². The van der Waals surface area contributed by atoms with Crippen molar-refractivity contribution in [1.82, 2.24) is 20.1 Å². The summed E-state index contributed by atoms with van der Waals surface area (Å²) in [4.78, 5) is 40.0. The molecular formula is C29H30ClN5O5S2. The van der Waals surface area contributed by atoms with Crippen LogP contribution in [0.25, 0.3) is 5.69 Å². The first-order chi connectivity index (χ1) is 20.4. The van der Waals surface area contributed by atoms with Crippen molar-refractivity contribution in [3.8, 4) is 5.69 Å². The number of amides is 2. The number of ether oxygens (including phenoxy) is 1. The van der Waals surface area contributed by atoms with Crippen LogP contribution in [0, 0.1) is 0 Å². The second-order valence-corrected chi connectivity index (χ2v) is 12.5. The summed E-state index contributed by atoms with van der Waals surface area (Å²) < 4.78 is 12.3. The summed E-state index contributed by atoms with van der Waals surface area (Å²) >= 11 is 8.94. The molecule has 0 saturated carbocycles. The van der Waals surface area contributed by atoms with Gasteiger partial charge in [-0.05, 0) is 75.4 Å². The third kappa shape index (κ3) is 6.71. The average molecular weight is 628 g/mol. The van der Waals surface area contributed by atoms with Gasteiger partial charge in [-0.25, -0.2) is 4.79 Å². The van der Waals surface area contributed by atoms with Crippen LogP contribution in [0.15, 0.2) is 52.2 Å². The molecular weight excluding hydrogens is 598 g/mol. The summed E-state index contributed by atoms with van der Waals surface area (Å²) in [6.07, 6.45) is 6.27. The van der Waals surface area contributed by atoms with Gasteiger partial charge >= 0.3 is 5.97 Å². The molecule has 0 saturated heterocycles. The zero-order chi connectivity index (χ0) is 29.6. The van der Waals surface area contributed by atoms with Gasteiger partial charge in [0.1, 0.15) is 5.00 Å². The number of fused-ring (bicyclic) bond motifs is 1. The molecule has 1 aromatic carbocycles. The van der Waals surface area contributed by atoms with Crippen LogP contribution < -0.4 is 10.6 Å². The van der Waals surface area contributed by atoms with Gasteiger partial charge in [0.05, 0.1) is 35.9 Å². The van der Waals surface area contributed by atoms with Gasteiger partial charge in [-0.3, -0.25) is 14.2 Å². The number of rotatable bonds is 10. The van der Waals surface area contributed by atoms with Gasteiger partial charge in [0.25, 0.3) is 5.91 Å². The Morgan fingerprint density at radius 3 is 2.76 bits per heavy atom. The van der Waals surface area contributed by atoms with Gasteiger partial charge < -0.3 is 19.8 Å². The van der Waals surface area contributed by atoms with Crippen LogP contribution in [0.3, 0.4) is 0 Å². The number of thioether (sulfide) groups is 1. The molecule has 10 nitrogen and oxygen atoms in total. The fraction of sp³-hybridized carbons (Fsp3) is 0.345. The van der Waals surface area contributed by atoms with Gasteiger partial charge in [-0.2, -0.15) is 0 Å². The third-order valence-electron chi connectivity index (χ3n) is 6.71. The summed E-state index contributed by atoms with van der Waals surface area (Å²) in [7, 11) is 0. The SMILES string of the molecule is CCOC(=O)c1c(NC(=O)[C@H](C)Sc2nnc(CNC(=O)c3ccco3)n2-c2cccc(Cl)c2)sc2c1CCCCC2. The maximum Gasteiger partial charge on any atom is 0.341 e. The highest BCUT2D eigenvalue weighted by atomic mass is 35.5. The highest BCUT2D eigenvalue weighted by Gasteiger charge is 2.29. The Bertz CT molecular complexity index is 1580. The predicted octanol–water partition coefficient (Wildman–Crippen LogP) is 6.07. The molecule has 0 aliphatic heterocycles. The summed E-state index contributed by atoms with van der Waals surface area (Å²) in [6, 6.07) is 10.3. The smallest absolute Gasteiger partial charge is 0.341 e. The van der Waals surface area contributed by atoms with E-state index in [2.05, 4.69) is 20.8 Å². The van der Waals surface area contributed by atoms with Gasteiger partial charge in [0.2, 0.25) is 5.91 Å². The first-order valence-electron chi connectivity index (χ1n) is 13.7. The number of furan rings is 1. The van der Waals surface area contributed by atoms with Crippen molar-refractivity contribution in [3.63, 3.8) is 0 Å². The van der Waals surface area contributed by atoms with E-state index in [1.165, 1.54) is 29.4 Å². The molecule has 0 bridgehead atoms. The fourth-order valence-corrected chi connectivity index (χ4v) is 7.05. The number of benzene rings is 1. The largest absolute Gasteiger partial charge is 0.462 e. The van der Waals surface area contributed by atoms with Crippen LogP contribution in [-0.4, -0.2) is 44.4 Å². The number of carbonyl (C=O) groups is 3. The molecule has 5 rings (SSSR count). The normalized spacial score (nSPS) is 13.6. The van der Waals surface area contributed by atoms with Crippen LogP contribution in [-0.2, 0) is 28.9 Å². The highest BCUT2D eigenvalue weighted by Crippen LogP contribution is 2.38. The molecule has 3 heterocycles. The minimum absolute atomic E-state index is 0.0594. The molecule has 0 radical (unpaired) electrons. The predicted molar refractivity (Wildman–Crippen MR) is 162 cm³/mol. The second kappa shape index (κ2) is 13.6. The van der Waals surface area contributed by atoms with E-state index in [4.69, 9.17) is 20.8 Å². The lowest BCUT2D eigenvalue weighted by Crippen LogP contribution is -2.25. The number of anilines is 1. The lowest BCUT2D eigenvalue weighted by molar-refractivity contribution is -0.115. The van der Waals surface area contributed by atoms with Gasteiger partial charge in [0.15, 0.2) is 16.7 Å². The zero-order valence-corrected chi connectivity index (χ0v) is 25.5. The van der Waals surface area contributed by atoms with Crippen LogP contribution in [0.5, 0.6) is 0 Å². The molecule has 42 heavy (non-hydrogen) atoms.